The van der Waals surface area contributed by atoms with Gasteiger partial charge < -0.3 is 14.0 Å². The van der Waals surface area contributed by atoms with E-state index >= 15 is 0 Å². The van der Waals surface area contributed by atoms with Crippen LogP contribution in [0.5, 0.6) is 11.5 Å². The highest BCUT2D eigenvalue weighted by molar-refractivity contribution is 7.99. The first kappa shape index (κ1) is 18.5. The van der Waals surface area contributed by atoms with Crippen molar-refractivity contribution in [1.82, 2.24) is 14.8 Å². The molecule has 0 N–H and O–H groups in total. The van der Waals surface area contributed by atoms with E-state index in [0.29, 0.717) is 35.6 Å². The summed E-state index contributed by atoms with van der Waals surface area (Å²) in [5, 5.41) is 9.70. The maximum Gasteiger partial charge on any atom is 0.191 e. The van der Waals surface area contributed by atoms with Crippen LogP contribution in [0.3, 0.4) is 0 Å². The number of nitrogens with zero attached hydrogens (tertiary/aromatic N) is 3. The third-order valence-electron chi connectivity index (χ3n) is 3.52. The molecule has 0 unspecified atom stereocenters. The Balaban J connectivity index is 1.47. The molecule has 0 bridgehead atoms. The van der Waals surface area contributed by atoms with Crippen LogP contribution in [0.15, 0.2) is 53.7 Å². The molecule has 0 saturated heterocycles. The van der Waals surface area contributed by atoms with Crippen LogP contribution in [0.4, 0.5) is 4.39 Å². The van der Waals surface area contributed by atoms with Gasteiger partial charge in [0, 0.05) is 17.8 Å². The maximum absolute atomic E-state index is 13.5. The molecule has 3 aromatic rings. The van der Waals surface area contributed by atoms with Gasteiger partial charge in [0.1, 0.15) is 12.4 Å². The number of para-hydroxylation sites is 1. The smallest absolute Gasteiger partial charge is 0.191 e. The lowest BCUT2D eigenvalue weighted by Gasteiger charge is -2.08. The minimum atomic E-state index is -0.363. The number of aromatic nitrogens is 3. The molecule has 3 rings (SSSR count). The average Bonchev–Trinajstić information content (AvgIpc) is 2.99. The molecular weight excluding hydrogens is 377 g/mol. The Bertz CT molecular complexity index is 858. The number of hydrogen-bond donors (Lipinski definition) is 0. The Kier molecular flexibility index (Phi) is 6.35. The molecule has 26 heavy (non-hydrogen) atoms. The molecule has 1 heterocycles. The van der Waals surface area contributed by atoms with E-state index in [4.69, 9.17) is 21.1 Å². The van der Waals surface area contributed by atoms with Crippen molar-refractivity contribution < 1.29 is 13.9 Å². The molecule has 136 valence electrons. The third-order valence-corrected chi connectivity index (χ3v) is 4.75. The summed E-state index contributed by atoms with van der Waals surface area (Å²) in [7, 11) is 1.88. The average molecular weight is 394 g/mol. The van der Waals surface area contributed by atoms with E-state index in [9.17, 15) is 4.39 Å². The van der Waals surface area contributed by atoms with Gasteiger partial charge in [-0.1, -0.05) is 35.5 Å². The fourth-order valence-corrected chi connectivity index (χ4v) is 2.99. The SMILES string of the molecule is Cn1c(COc2ccc(Cl)cc2)nnc1SCCOc1ccccc1F. The Morgan fingerprint density at radius 1 is 1.08 bits per heavy atom. The molecule has 0 aliphatic rings. The Morgan fingerprint density at radius 2 is 1.85 bits per heavy atom. The summed E-state index contributed by atoms with van der Waals surface area (Å²) in [6.07, 6.45) is 0. The van der Waals surface area contributed by atoms with Gasteiger partial charge in [0.15, 0.2) is 22.5 Å². The standard InChI is InChI=1S/C18H17ClFN3O2S/c1-23-17(12-25-14-8-6-13(19)7-9-14)21-22-18(23)26-11-10-24-16-5-3-2-4-15(16)20/h2-9H,10-12H2,1H3. The largest absolute Gasteiger partial charge is 0.490 e. The summed E-state index contributed by atoms with van der Waals surface area (Å²) < 4.78 is 26.5. The monoisotopic (exact) mass is 393 g/mol. The molecule has 0 amide bonds. The Hall–Kier alpha value is -2.25. The van der Waals surface area contributed by atoms with Crippen LogP contribution in [0, 0.1) is 5.82 Å². The van der Waals surface area contributed by atoms with Gasteiger partial charge in [0.2, 0.25) is 0 Å². The lowest BCUT2D eigenvalue weighted by molar-refractivity contribution is 0.290. The summed E-state index contributed by atoms with van der Waals surface area (Å²) in [4.78, 5) is 0. The van der Waals surface area contributed by atoms with Crippen molar-refractivity contribution in [3.8, 4) is 11.5 Å². The van der Waals surface area contributed by atoms with E-state index in [-0.39, 0.29) is 11.6 Å². The zero-order valence-electron chi connectivity index (χ0n) is 14.1. The highest BCUT2D eigenvalue weighted by Crippen LogP contribution is 2.20. The predicted octanol–water partition coefficient (Wildman–Crippen LogP) is 4.36. The van der Waals surface area contributed by atoms with E-state index in [1.807, 2.05) is 11.6 Å². The lowest BCUT2D eigenvalue weighted by Crippen LogP contribution is -2.05. The molecule has 2 aromatic carbocycles. The normalized spacial score (nSPS) is 10.7. The lowest BCUT2D eigenvalue weighted by atomic mass is 10.3. The maximum atomic E-state index is 13.5. The van der Waals surface area contributed by atoms with E-state index in [0.717, 1.165) is 5.16 Å². The number of hydrogen-bond acceptors (Lipinski definition) is 5. The molecule has 8 heteroatoms. The van der Waals surface area contributed by atoms with Gasteiger partial charge >= 0.3 is 0 Å². The molecular formula is C18H17ClFN3O2S. The van der Waals surface area contributed by atoms with Crippen LogP contribution in [0.25, 0.3) is 0 Å². The van der Waals surface area contributed by atoms with Gasteiger partial charge in [0.25, 0.3) is 0 Å². The van der Waals surface area contributed by atoms with Crippen molar-refractivity contribution in [3.05, 3.63) is 65.2 Å². The van der Waals surface area contributed by atoms with Crippen molar-refractivity contribution in [2.45, 2.75) is 11.8 Å². The fraction of sp³-hybridized carbons (Fsp3) is 0.222. The van der Waals surface area contributed by atoms with Crippen molar-refractivity contribution >= 4 is 23.4 Å². The van der Waals surface area contributed by atoms with Crippen LogP contribution in [-0.2, 0) is 13.7 Å². The van der Waals surface area contributed by atoms with Gasteiger partial charge in [-0.05, 0) is 36.4 Å². The Morgan fingerprint density at radius 3 is 2.62 bits per heavy atom. The summed E-state index contributed by atoms with van der Waals surface area (Å²) in [6, 6.07) is 13.5. The van der Waals surface area contributed by atoms with E-state index in [2.05, 4.69) is 10.2 Å². The van der Waals surface area contributed by atoms with Crippen LogP contribution in [0.1, 0.15) is 5.82 Å². The quantitative estimate of drug-likeness (QED) is 0.420. The summed E-state index contributed by atoms with van der Waals surface area (Å²) in [6.45, 7) is 0.673. The zero-order valence-corrected chi connectivity index (χ0v) is 15.6. The van der Waals surface area contributed by atoms with Gasteiger partial charge in [-0.25, -0.2) is 4.39 Å². The number of halogens is 2. The van der Waals surface area contributed by atoms with Gasteiger partial charge in [-0.2, -0.15) is 0 Å². The van der Waals surface area contributed by atoms with Crippen LogP contribution >= 0.6 is 23.4 Å². The third kappa shape index (κ3) is 4.89. The van der Waals surface area contributed by atoms with Crippen LogP contribution < -0.4 is 9.47 Å². The molecule has 0 fully saturated rings. The van der Waals surface area contributed by atoms with Crippen LogP contribution in [-0.4, -0.2) is 27.1 Å². The van der Waals surface area contributed by atoms with E-state index in [1.54, 1.807) is 42.5 Å². The number of thioether (sulfide) groups is 1. The minimum Gasteiger partial charge on any atom is -0.490 e. The van der Waals surface area contributed by atoms with Gasteiger partial charge in [-0.3, -0.25) is 0 Å². The molecule has 5 nitrogen and oxygen atoms in total. The fourth-order valence-electron chi connectivity index (χ4n) is 2.12. The first-order valence-corrected chi connectivity index (χ1v) is 9.26. The highest BCUT2D eigenvalue weighted by Gasteiger charge is 2.10. The molecule has 0 aliphatic carbocycles. The first-order valence-electron chi connectivity index (χ1n) is 7.90. The molecule has 0 aliphatic heterocycles. The first-order chi connectivity index (χ1) is 12.6. The van der Waals surface area contributed by atoms with Crippen molar-refractivity contribution in [2.75, 3.05) is 12.4 Å². The number of rotatable bonds is 8. The van der Waals surface area contributed by atoms with Crippen molar-refractivity contribution in [2.24, 2.45) is 7.05 Å². The van der Waals surface area contributed by atoms with Crippen molar-refractivity contribution in [1.29, 1.82) is 0 Å². The van der Waals surface area contributed by atoms with Crippen LogP contribution in [0.2, 0.25) is 5.02 Å². The van der Waals surface area contributed by atoms with E-state index < -0.39 is 0 Å². The highest BCUT2D eigenvalue weighted by atomic mass is 35.5. The van der Waals surface area contributed by atoms with Crippen molar-refractivity contribution in [3.63, 3.8) is 0 Å². The second-order valence-corrected chi connectivity index (χ2v) is 6.83. The topological polar surface area (TPSA) is 49.2 Å². The minimum absolute atomic E-state index is 0.253. The summed E-state index contributed by atoms with van der Waals surface area (Å²) in [5.74, 6) is 1.93. The summed E-state index contributed by atoms with van der Waals surface area (Å²) >= 11 is 7.34. The molecule has 0 radical (unpaired) electrons. The molecule has 0 saturated carbocycles. The van der Waals surface area contributed by atoms with Gasteiger partial charge in [0.05, 0.1) is 6.61 Å². The zero-order chi connectivity index (χ0) is 18.4. The Labute approximate surface area is 160 Å². The molecule has 0 atom stereocenters. The van der Waals surface area contributed by atoms with Gasteiger partial charge in [-0.15, -0.1) is 10.2 Å². The number of ether oxygens (including phenoxy) is 2. The molecule has 0 spiro atoms. The second-order valence-electron chi connectivity index (χ2n) is 5.33. The van der Waals surface area contributed by atoms with E-state index in [1.165, 1.54) is 17.8 Å². The molecule has 1 aromatic heterocycles. The number of benzene rings is 2. The predicted molar refractivity (Wildman–Crippen MR) is 99.4 cm³/mol. The second kappa shape index (κ2) is 8.91. The summed E-state index contributed by atoms with van der Waals surface area (Å²) in [5.41, 5.74) is 0.